The summed E-state index contributed by atoms with van der Waals surface area (Å²) in [5.74, 6) is 0.412. The molecule has 44 heavy (non-hydrogen) atoms. The number of halogens is 3. The Morgan fingerprint density at radius 2 is 1.34 bits per heavy atom. The van der Waals surface area contributed by atoms with Crippen LogP contribution in [-0.2, 0) is 5.41 Å². The number of benzene rings is 4. The molecule has 6 nitrogen and oxygen atoms in total. The molecule has 0 fully saturated rings. The molecule has 0 aliphatic carbocycles. The Hall–Kier alpha value is -5.05. The maximum absolute atomic E-state index is 14.8. The number of aryl methyl sites for hydroxylation is 3. The van der Waals surface area contributed by atoms with E-state index in [-0.39, 0.29) is 22.6 Å². The first-order valence-corrected chi connectivity index (χ1v) is 14.2. The molecule has 1 aliphatic rings. The fourth-order valence-electron chi connectivity index (χ4n) is 6.31. The molecule has 0 bridgehead atoms. The number of carbonyl (C=O) groups excluding carboxylic acids is 2. The molecule has 0 saturated heterocycles. The summed E-state index contributed by atoms with van der Waals surface area (Å²) in [4.78, 5) is 35.3. The van der Waals surface area contributed by atoms with Gasteiger partial charge in [0, 0.05) is 12.5 Å². The first-order valence-electron chi connectivity index (χ1n) is 14.2. The summed E-state index contributed by atoms with van der Waals surface area (Å²) in [6.45, 7) is 8.06. The number of hydrogen-bond donors (Lipinski definition) is 0. The second kappa shape index (κ2) is 9.22. The van der Waals surface area contributed by atoms with E-state index in [1.165, 1.54) is 29.7 Å². The molecular weight excluding hydrogens is 565 g/mol. The maximum atomic E-state index is 14.8. The lowest BCUT2D eigenvalue weighted by atomic mass is 9.74. The molecule has 0 radical (unpaired) electrons. The average Bonchev–Trinajstić information content (AvgIpc) is 3.61. The highest BCUT2D eigenvalue weighted by Gasteiger charge is 2.54. The topological polar surface area (TPSA) is 69.8 Å². The van der Waals surface area contributed by atoms with Gasteiger partial charge in [0.2, 0.25) is 5.91 Å². The van der Waals surface area contributed by atoms with Crippen LogP contribution in [-0.4, -0.2) is 37.1 Å². The average molecular weight is 593 g/mol. The molecule has 0 saturated carbocycles. The molecule has 1 atom stereocenters. The van der Waals surface area contributed by atoms with E-state index in [4.69, 9.17) is 4.98 Å². The van der Waals surface area contributed by atoms with Gasteiger partial charge in [-0.1, -0.05) is 42.5 Å². The minimum absolute atomic E-state index is 0.0122. The summed E-state index contributed by atoms with van der Waals surface area (Å²) >= 11 is 0. The zero-order valence-electron chi connectivity index (χ0n) is 24.7. The van der Waals surface area contributed by atoms with Gasteiger partial charge in [0.15, 0.2) is 0 Å². The smallest absolute Gasteiger partial charge is 0.274 e. The molecule has 7 rings (SSSR count). The summed E-state index contributed by atoms with van der Waals surface area (Å²) < 4.78 is 47.5. The van der Waals surface area contributed by atoms with Crippen molar-refractivity contribution in [1.82, 2.24) is 19.1 Å². The number of aromatic nitrogens is 4. The van der Waals surface area contributed by atoms with E-state index in [9.17, 15) is 22.8 Å². The standard InChI is InChI=1S/C35H27F3N4O2/c1-18-6-9-24(14-19(18)2)34(5,35(36,37)38)25-10-11-26-27(17-25)33(44)42-31-16-23(8-13-29(31)40-32(26)42)22-7-12-28-30(15-22)41(21(4)43)20(3)39-28/h6-17H,1-5H3. The first-order chi connectivity index (χ1) is 20.8. The van der Waals surface area contributed by atoms with Crippen molar-refractivity contribution in [2.75, 3.05) is 0 Å². The molecule has 1 aliphatic heterocycles. The monoisotopic (exact) mass is 592 g/mol. The molecule has 0 amide bonds. The van der Waals surface area contributed by atoms with Crippen molar-refractivity contribution in [3.05, 3.63) is 106 Å². The quantitative estimate of drug-likeness (QED) is 0.208. The summed E-state index contributed by atoms with van der Waals surface area (Å²) in [5.41, 5.74) is 4.22. The van der Waals surface area contributed by atoms with E-state index in [0.717, 1.165) is 29.2 Å². The van der Waals surface area contributed by atoms with E-state index in [0.29, 0.717) is 39.3 Å². The predicted octanol–water partition coefficient (Wildman–Crippen LogP) is 8.18. The van der Waals surface area contributed by atoms with Crippen LogP contribution < -0.4 is 0 Å². The van der Waals surface area contributed by atoms with Gasteiger partial charge in [-0.25, -0.2) is 9.97 Å². The Balaban J connectivity index is 1.34. The molecule has 220 valence electrons. The summed E-state index contributed by atoms with van der Waals surface area (Å²) in [6.07, 6.45) is -4.61. The van der Waals surface area contributed by atoms with Crippen molar-refractivity contribution >= 4 is 33.9 Å². The minimum atomic E-state index is -4.61. The Morgan fingerprint density at radius 3 is 1.98 bits per heavy atom. The van der Waals surface area contributed by atoms with Crippen molar-refractivity contribution in [1.29, 1.82) is 0 Å². The number of nitrogens with zero attached hydrogens (tertiary/aromatic N) is 4. The second-order valence-corrected chi connectivity index (χ2v) is 11.7. The largest absolute Gasteiger partial charge is 0.402 e. The molecule has 6 aromatic rings. The Morgan fingerprint density at radius 1 is 0.727 bits per heavy atom. The van der Waals surface area contributed by atoms with Crippen LogP contribution in [0.2, 0.25) is 0 Å². The van der Waals surface area contributed by atoms with Gasteiger partial charge < -0.3 is 0 Å². The van der Waals surface area contributed by atoms with Gasteiger partial charge in [-0.2, -0.15) is 13.2 Å². The van der Waals surface area contributed by atoms with Gasteiger partial charge in [0.25, 0.3) is 5.91 Å². The molecule has 9 heteroatoms. The second-order valence-electron chi connectivity index (χ2n) is 11.7. The molecule has 0 N–H and O–H groups in total. The summed E-state index contributed by atoms with van der Waals surface area (Å²) in [6, 6.07) is 20.3. The highest BCUT2D eigenvalue weighted by molar-refractivity contribution is 6.13. The third-order valence-corrected chi connectivity index (χ3v) is 9.05. The number of carbonyl (C=O) groups is 2. The lowest BCUT2D eigenvalue weighted by Crippen LogP contribution is -2.40. The van der Waals surface area contributed by atoms with Gasteiger partial charge in [0.05, 0.1) is 27.6 Å². The Labute approximate surface area is 250 Å². The van der Waals surface area contributed by atoms with Crippen molar-refractivity contribution in [3.63, 3.8) is 0 Å². The molecule has 4 aromatic carbocycles. The van der Waals surface area contributed by atoms with Crippen LogP contribution in [0.5, 0.6) is 0 Å². The van der Waals surface area contributed by atoms with Crippen LogP contribution in [0.3, 0.4) is 0 Å². The molecular formula is C35H27F3N4O2. The third kappa shape index (κ3) is 3.81. The highest BCUT2D eigenvalue weighted by Crippen LogP contribution is 2.48. The van der Waals surface area contributed by atoms with Crippen molar-refractivity contribution < 1.29 is 22.8 Å². The van der Waals surface area contributed by atoms with Crippen molar-refractivity contribution in [3.8, 4) is 22.5 Å². The predicted molar refractivity (Wildman–Crippen MR) is 163 cm³/mol. The van der Waals surface area contributed by atoms with E-state index >= 15 is 0 Å². The van der Waals surface area contributed by atoms with Crippen LogP contribution in [0.1, 0.15) is 57.1 Å². The van der Waals surface area contributed by atoms with Gasteiger partial charge in [0.1, 0.15) is 17.1 Å². The Bertz CT molecular complexity index is 2220. The number of alkyl halides is 3. The number of imidazole rings is 2. The van der Waals surface area contributed by atoms with Crippen molar-refractivity contribution in [2.45, 2.75) is 46.2 Å². The highest BCUT2D eigenvalue weighted by atomic mass is 19.4. The lowest BCUT2D eigenvalue weighted by Gasteiger charge is -2.34. The SMILES string of the molecule is CC(=O)n1c(C)nc2ccc(-c3ccc4nc5n(c4c3)C(=O)c3cc(C(C)(c4ccc(C)c(C)c4)C(F)(F)F)ccc3-5)cc21. The maximum Gasteiger partial charge on any atom is 0.402 e. The molecule has 1 unspecified atom stereocenters. The summed E-state index contributed by atoms with van der Waals surface area (Å²) in [7, 11) is 0. The van der Waals surface area contributed by atoms with E-state index in [2.05, 4.69) is 4.98 Å². The Kier molecular flexibility index (Phi) is 5.82. The van der Waals surface area contributed by atoms with Crippen LogP contribution in [0.15, 0.2) is 72.8 Å². The zero-order chi connectivity index (χ0) is 31.3. The number of fused-ring (bicyclic) bond motifs is 6. The van der Waals surface area contributed by atoms with Gasteiger partial charge in [-0.05, 0) is 91.4 Å². The van der Waals surface area contributed by atoms with E-state index in [1.807, 2.05) is 43.3 Å². The summed E-state index contributed by atoms with van der Waals surface area (Å²) in [5, 5.41) is 0. The van der Waals surface area contributed by atoms with E-state index in [1.54, 1.807) is 36.6 Å². The van der Waals surface area contributed by atoms with Crippen LogP contribution in [0.4, 0.5) is 13.2 Å². The minimum Gasteiger partial charge on any atom is -0.274 e. The fourth-order valence-corrected chi connectivity index (χ4v) is 6.31. The number of rotatable bonds is 3. The molecule has 2 aromatic heterocycles. The van der Waals surface area contributed by atoms with Gasteiger partial charge in [-0.3, -0.25) is 18.7 Å². The lowest BCUT2D eigenvalue weighted by molar-refractivity contribution is -0.173. The molecule has 3 heterocycles. The zero-order valence-corrected chi connectivity index (χ0v) is 24.7. The first kappa shape index (κ1) is 27.8. The van der Waals surface area contributed by atoms with Crippen molar-refractivity contribution in [2.24, 2.45) is 0 Å². The third-order valence-electron chi connectivity index (χ3n) is 9.05. The van der Waals surface area contributed by atoms with Crippen LogP contribution in [0, 0.1) is 20.8 Å². The van der Waals surface area contributed by atoms with Gasteiger partial charge in [-0.15, -0.1) is 0 Å². The molecule has 0 spiro atoms. The normalized spacial score (nSPS) is 14.2. The van der Waals surface area contributed by atoms with Crippen LogP contribution >= 0.6 is 0 Å². The van der Waals surface area contributed by atoms with Crippen LogP contribution in [0.25, 0.3) is 44.6 Å². The number of hydrogen-bond acceptors (Lipinski definition) is 4. The fraction of sp³-hybridized carbons (Fsp3) is 0.200. The van der Waals surface area contributed by atoms with E-state index < -0.39 is 17.5 Å². The van der Waals surface area contributed by atoms with Gasteiger partial charge >= 0.3 is 6.18 Å².